The molecule has 0 aromatic heterocycles. The number of likely N-dealkylation sites (tertiary alicyclic amines) is 1. The van der Waals surface area contributed by atoms with Gasteiger partial charge in [0.1, 0.15) is 0 Å². The van der Waals surface area contributed by atoms with E-state index in [2.05, 4.69) is 17.1 Å². The van der Waals surface area contributed by atoms with Crippen LogP contribution >= 0.6 is 0 Å². The summed E-state index contributed by atoms with van der Waals surface area (Å²) in [5.74, 6) is 2.08. The van der Waals surface area contributed by atoms with E-state index < -0.39 is 0 Å². The zero-order valence-electron chi connectivity index (χ0n) is 11.3. The summed E-state index contributed by atoms with van der Waals surface area (Å²) < 4.78 is 0. The highest BCUT2D eigenvalue weighted by molar-refractivity contribution is 4.90. The van der Waals surface area contributed by atoms with Crippen LogP contribution in [0.1, 0.15) is 51.9 Å². The van der Waals surface area contributed by atoms with E-state index in [9.17, 15) is 0 Å². The quantitative estimate of drug-likeness (QED) is 0.763. The molecule has 2 heteroatoms. The lowest BCUT2D eigenvalue weighted by Crippen LogP contribution is -2.47. The SMILES string of the molecule is CCC(C1CC1)N1CCC(NCC2CC2)CC1. The zero-order chi connectivity index (χ0) is 11.7. The minimum Gasteiger partial charge on any atom is -0.314 e. The molecule has 1 heterocycles. The second-order valence-corrected chi connectivity index (χ2v) is 6.47. The fourth-order valence-electron chi connectivity index (χ4n) is 3.46. The van der Waals surface area contributed by atoms with Gasteiger partial charge in [0.2, 0.25) is 0 Å². The third-order valence-corrected chi connectivity index (χ3v) is 4.98. The molecule has 0 amide bonds. The Hall–Kier alpha value is -0.0800. The number of piperidine rings is 1. The van der Waals surface area contributed by atoms with Crippen molar-refractivity contribution in [3.8, 4) is 0 Å². The van der Waals surface area contributed by atoms with Crippen LogP contribution in [0.15, 0.2) is 0 Å². The summed E-state index contributed by atoms with van der Waals surface area (Å²) >= 11 is 0. The molecule has 1 saturated heterocycles. The van der Waals surface area contributed by atoms with Gasteiger partial charge in [-0.2, -0.15) is 0 Å². The van der Waals surface area contributed by atoms with Crippen molar-refractivity contribution in [2.24, 2.45) is 11.8 Å². The Balaban J connectivity index is 1.39. The molecule has 17 heavy (non-hydrogen) atoms. The summed E-state index contributed by atoms with van der Waals surface area (Å²) in [6.45, 7) is 6.36. The summed E-state index contributed by atoms with van der Waals surface area (Å²) in [6, 6.07) is 1.74. The van der Waals surface area contributed by atoms with E-state index in [0.29, 0.717) is 0 Å². The van der Waals surface area contributed by atoms with Gasteiger partial charge in [-0.05, 0) is 76.4 Å². The van der Waals surface area contributed by atoms with Crippen LogP contribution in [0.5, 0.6) is 0 Å². The number of nitrogens with zero attached hydrogens (tertiary/aromatic N) is 1. The Kier molecular flexibility index (Phi) is 3.72. The summed E-state index contributed by atoms with van der Waals surface area (Å²) in [4.78, 5) is 2.78. The van der Waals surface area contributed by atoms with Crippen LogP contribution in [-0.4, -0.2) is 36.6 Å². The number of hydrogen-bond donors (Lipinski definition) is 1. The van der Waals surface area contributed by atoms with Gasteiger partial charge in [0.25, 0.3) is 0 Å². The summed E-state index contributed by atoms with van der Waals surface area (Å²) in [5, 5.41) is 3.78. The van der Waals surface area contributed by atoms with Crippen molar-refractivity contribution < 1.29 is 0 Å². The number of nitrogens with one attached hydrogen (secondary N) is 1. The first kappa shape index (κ1) is 12.0. The molecule has 98 valence electrons. The molecule has 1 aliphatic heterocycles. The molecule has 0 spiro atoms. The van der Waals surface area contributed by atoms with Crippen molar-refractivity contribution in [3.63, 3.8) is 0 Å². The molecule has 3 fully saturated rings. The van der Waals surface area contributed by atoms with Gasteiger partial charge in [0.15, 0.2) is 0 Å². The molecule has 3 aliphatic rings. The highest BCUT2D eigenvalue weighted by Gasteiger charge is 2.35. The van der Waals surface area contributed by atoms with E-state index in [1.807, 2.05) is 0 Å². The second-order valence-electron chi connectivity index (χ2n) is 6.47. The van der Waals surface area contributed by atoms with Crippen molar-refractivity contribution in [1.82, 2.24) is 10.2 Å². The molecule has 0 radical (unpaired) electrons. The Labute approximate surface area is 106 Å². The fraction of sp³-hybridized carbons (Fsp3) is 1.00. The zero-order valence-corrected chi connectivity index (χ0v) is 11.3. The van der Waals surface area contributed by atoms with Crippen LogP contribution in [0, 0.1) is 11.8 Å². The lowest BCUT2D eigenvalue weighted by Gasteiger charge is -2.38. The van der Waals surface area contributed by atoms with Crippen LogP contribution in [0.2, 0.25) is 0 Å². The van der Waals surface area contributed by atoms with E-state index in [-0.39, 0.29) is 0 Å². The van der Waals surface area contributed by atoms with Crippen LogP contribution in [0.25, 0.3) is 0 Å². The van der Waals surface area contributed by atoms with Gasteiger partial charge in [-0.1, -0.05) is 6.92 Å². The molecule has 1 N–H and O–H groups in total. The summed E-state index contributed by atoms with van der Waals surface area (Å²) in [5.41, 5.74) is 0. The maximum absolute atomic E-state index is 3.78. The topological polar surface area (TPSA) is 15.3 Å². The van der Waals surface area contributed by atoms with Gasteiger partial charge >= 0.3 is 0 Å². The minimum atomic E-state index is 0.823. The maximum atomic E-state index is 3.78. The van der Waals surface area contributed by atoms with Gasteiger partial charge in [0, 0.05) is 12.1 Å². The van der Waals surface area contributed by atoms with Crippen LogP contribution in [0.3, 0.4) is 0 Å². The molecule has 3 rings (SSSR count). The van der Waals surface area contributed by atoms with Crippen molar-refractivity contribution in [1.29, 1.82) is 0 Å². The van der Waals surface area contributed by atoms with Gasteiger partial charge in [-0.3, -0.25) is 0 Å². The molecule has 1 atom stereocenters. The van der Waals surface area contributed by atoms with Crippen molar-refractivity contribution in [2.45, 2.75) is 64.0 Å². The van der Waals surface area contributed by atoms with E-state index in [1.54, 1.807) is 0 Å². The normalized spacial score (nSPS) is 29.5. The van der Waals surface area contributed by atoms with Crippen LogP contribution in [-0.2, 0) is 0 Å². The average Bonchev–Trinajstić information content (AvgIpc) is 3.23. The van der Waals surface area contributed by atoms with Crippen molar-refractivity contribution >= 4 is 0 Å². The Morgan fingerprint density at radius 2 is 1.76 bits per heavy atom. The maximum Gasteiger partial charge on any atom is 0.0121 e. The fourth-order valence-corrected chi connectivity index (χ4v) is 3.46. The first-order valence-corrected chi connectivity index (χ1v) is 7.84. The highest BCUT2D eigenvalue weighted by Crippen LogP contribution is 2.37. The van der Waals surface area contributed by atoms with Crippen LogP contribution < -0.4 is 5.32 Å². The standard InChI is InChI=1S/C15H28N2/c1-2-15(13-5-6-13)17-9-7-14(8-10-17)16-11-12-3-4-12/h12-16H,2-11H2,1H3. The second kappa shape index (κ2) is 5.27. The molecule has 2 nitrogen and oxygen atoms in total. The highest BCUT2D eigenvalue weighted by atomic mass is 15.2. The Morgan fingerprint density at radius 3 is 2.29 bits per heavy atom. The smallest absolute Gasteiger partial charge is 0.0121 e. The van der Waals surface area contributed by atoms with Gasteiger partial charge < -0.3 is 10.2 Å². The molecule has 0 aromatic carbocycles. The monoisotopic (exact) mass is 236 g/mol. The van der Waals surface area contributed by atoms with Gasteiger partial charge in [0.05, 0.1) is 0 Å². The number of rotatable bonds is 6. The molecule has 1 unspecified atom stereocenters. The van der Waals surface area contributed by atoms with Crippen molar-refractivity contribution in [3.05, 3.63) is 0 Å². The van der Waals surface area contributed by atoms with E-state index in [0.717, 1.165) is 23.9 Å². The van der Waals surface area contributed by atoms with Crippen molar-refractivity contribution in [2.75, 3.05) is 19.6 Å². The first-order valence-electron chi connectivity index (χ1n) is 7.84. The molecular formula is C15H28N2. The lowest BCUT2D eigenvalue weighted by molar-refractivity contribution is 0.125. The predicted molar refractivity (Wildman–Crippen MR) is 72.1 cm³/mol. The molecular weight excluding hydrogens is 208 g/mol. The van der Waals surface area contributed by atoms with Gasteiger partial charge in [-0.25, -0.2) is 0 Å². The van der Waals surface area contributed by atoms with Gasteiger partial charge in [-0.15, -0.1) is 0 Å². The number of hydrogen-bond acceptors (Lipinski definition) is 2. The molecule has 2 saturated carbocycles. The van der Waals surface area contributed by atoms with E-state index >= 15 is 0 Å². The summed E-state index contributed by atoms with van der Waals surface area (Å²) in [7, 11) is 0. The largest absolute Gasteiger partial charge is 0.314 e. The average molecular weight is 236 g/mol. The Bertz CT molecular complexity index is 237. The predicted octanol–water partition coefficient (Wildman–Crippen LogP) is 2.64. The Morgan fingerprint density at radius 1 is 1.06 bits per heavy atom. The molecule has 0 aromatic rings. The molecule has 2 aliphatic carbocycles. The molecule has 0 bridgehead atoms. The van der Waals surface area contributed by atoms with E-state index in [4.69, 9.17) is 0 Å². The van der Waals surface area contributed by atoms with E-state index in [1.165, 1.54) is 64.6 Å². The summed E-state index contributed by atoms with van der Waals surface area (Å²) in [6.07, 6.45) is 10.1. The first-order chi connectivity index (χ1) is 8.36. The lowest BCUT2D eigenvalue weighted by atomic mass is 10.00. The minimum absolute atomic E-state index is 0.823. The van der Waals surface area contributed by atoms with Crippen LogP contribution in [0.4, 0.5) is 0 Å². The third-order valence-electron chi connectivity index (χ3n) is 4.98. The third kappa shape index (κ3) is 3.23.